The number of piperidine rings is 1. The van der Waals surface area contributed by atoms with Crippen molar-refractivity contribution in [3.8, 4) is 17.2 Å². The molecule has 2 saturated heterocycles. The highest BCUT2D eigenvalue weighted by Crippen LogP contribution is 2.41. The van der Waals surface area contributed by atoms with Crippen molar-refractivity contribution < 1.29 is 23.0 Å². The fourth-order valence-corrected chi connectivity index (χ4v) is 5.16. The largest absolute Gasteiger partial charge is 0.493 e. The summed E-state index contributed by atoms with van der Waals surface area (Å²) in [6.07, 6.45) is 2.02. The second kappa shape index (κ2) is 10.0. The molecule has 2 aromatic carbocycles. The zero-order valence-corrected chi connectivity index (χ0v) is 18.8. The summed E-state index contributed by atoms with van der Waals surface area (Å²) in [4.78, 5) is 2.37. The minimum atomic E-state index is -0.478. The van der Waals surface area contributed by atoms with E-state index in [1.54, 1.807) is 21.3 Å². The zero-order chi connectivity index (χ0) is 22.7. The number of hydrogen-bond donors (Lipinski definition) is 2. The molecule has 32 heavy (non-hydrogen) atoms. The Morgan fingerprint density at radius 2 is 1.75 bits per heavy atom. The lowest BCUT2D eigenvalue weighted by molar-refractivity contribution is 0.137. The maximum Gasteiger partial charge on any atom is 0.203 e. The molecule has 2 heterocycles. The predicted molar refractivity (Wildman–Crippen MR) is 118 cm³/mol. The summed E-state index contributed by atoms with van der Waals surface area (Å²) in [7, 11) is 4.83. The molecule has 0 amide bonds. The lowest BCUT2D eigenvalue weighted by Gasteiger charge is -2.37. The lowest BCUT2D eigenvalue weighted by atomic mass is 9.80. The summed E-state index contributed by atoms with van der Waals surface area (Å²) in [5, 5.41) is 0. The van der Waals surface area contributed by atoms with Gasteiger partial charge in [-0.2, -0.15) is 0 Å². The Bertz CT molecular complexity index is 923. The van der Waals surface area contributed by atoms with Gasteiger partial charge in [-0.05, 0) is 43.5 Å². The highest BCUT2D eigenvalue weighted by atomic mass is 19.1. The Morgan fingerprint density at radius 3 is 2.44 bits per heavy atom. The fourth-order valence-electron chi connectivity index (χ4n) is 5.16. The number of methoxy groups -OCH3 is 3. The van der Waals surface area contributed by atoms with Gasteiger partial charge in [-0.3, -0.25) is 15.8 Å². The molecule has 6 nitrogen and oxygen atoms in total. The third kappa shape index (κ3) is 4.40. The highest BCUT2D eigenvalue weighted by molar-refractivity contribution is 5.55. The molecule has 0 bridgehead atoms. The number of hydrazine groups is 1. The van der Waals surface area contributed by atoms with E-state index in [-0.39, 0.29) is 23.4 Å². The van der Waals surface area contributed by atoms with Crippen LogP contribution in [0.15, 0.2) is 30.3 Å². The number of ether oxygens (including phenoxy) is 3. The third-order valence-corrected chi connectivity index (χ3v) is 6.62. The van der Waals surface area contributed by atoms with Crippen LogP contribution in [0.2, 0.25) is 0 Å². The Labute approximate surface area is 187 Å². The van der Waals surface area contributed by atoms with Crippen LogP contribution in [0.5, 0.6) is 17.2 Å². The highest BCUT2D eigenvalue weighted by Gasteiger charge is 2.39. The van der Waals surface area contributed by atoms with Crippen LogP contribution < -0.4 is 25.1 Å². The molecule has 2 aliphatic heterocycles. The maximum absolute atomic E-state index is 14.5. The van der Waals surface area contributed by atoms with Crippen molar-refractivity contribution >= 4 is 0 Å². The van der Waals surface area contributed by atoms with Crippen LogP contribution in [-0.4, -0.2) is 51.9 Å². The monoisotopic (exact) mass is 447 g/mol. The number of likely N-dealkylation sites (tertiary alicyclic amines) is 1. The molecule has 174 valence electrons. The molecule has 2 aliphatic rings. The molecule has 4 rings (SSSR count). The minimum Gasteiger partial charge on any atom is -0.493 e. The summed E-state index contributed by atoms with van der Waals surface area (Å²) in [5.41, 5.74) is 7.62. The van der Waals surface area contributed by atoms with E-state index in [1.165, 1.54) is 18.2 Å². The molecule has 0 aliphatic carbocycles. The summed E-state index contributed by atoms with van der Waals surface area (Å²) >= 11 is 0. The van der Waals surface area contributed by atoms with Crippen LogP contribution in [-0.2, 0) is 6.54 Å². The molecule has 0 radical (unpaired) electrons. The van der Waals surface area contributed by atoms with E-state index in [0.717, 1.165) is 31.5 Å². The van der Waals surface area contributed by atoms with Crippen molar-refractivity contribution in [2.45, 2.75) is 31.3 Å². The van der Waals surface area contributed by atoms with E-state index in [1.807, 2.05) is 12.1 Å². The number of benzene rings is 2. The summed E-state index contributed by atoms with van der Waals surface area (Å²) in [6.45, 7) is 2.97. The molecule has 0 spiro atoms. The van der Waals surface area contributed by atoms with Gasteiger partial charge in [0.25, 0.3) is 0 Å². The number of rotatable bonds is 7. The van der Waals surface area contributed by atoms with Crippen LogP contribution in [0.3, 0.4) is 0 Å². The molecule has 3 atom stereocenters. The van der Waals surface area contributed by atoms with E-state index in [0.29, 0.717) is 30.3 Å². The van der Waals surface area contributed by atoms with Crippen LogP contribution in [0.25, 0.3) is 0 Å². The van der Waals surface area contributed by atoms with Gasteiger partial charge in [0.05, 0.1) is 21.3 Å². The van der Waals surface area contributed by atoms with Crippen molar-refractivity contribution in [3.05, 3.63) is 53.1 Å². The van der Waals surface area contributed by atoms with Crippen molar-refractivity contribution in [3.63, 3.8) is 0 Å². The first kappa shape index (κ1) is 22.8. The quantitative estimate of drug-likeness (QED) is 0.678. The SMILES string of the molecule is COc1ccc(CN2CCCC(C3NNCC3c3c(F)cccc3F)C2)c(OC)c1OC. The van der Waals surface area contributed by atoms with Gasteiger partial charge in [0.1, 0.15) is 11.6 Å². The van der Waals surface area contributed by atoms with E-state index >= 15 is 0 Å². The molecule has 0 saturated carbocycles. The lowest BCUT2D eigenvalue weighted by Crippen LogP contribution is -2.46. The average Bonchev–Trinajstić information content (AvgIpc) is 3.28. The van der Waals surface area contributed by atoms with Crippen molar-refractivity contribution in [1.29, 1.82) is 0 Å². The smallest absolute Gasteiger partial charge is 0.203 e. The number of halogens is 2. The van der Waals surface area contributed by atoms with E-state index in [9.17, 15) is 8.78 Å². The number of nitrogens with zero attached hydrogens (tertiary/aromatic N) is 1. The predicted octanol–water partition coefficient (Wildman–Crippen LogP) is 3.46. The van der Waals surface area contributed by atoms with Gasteiger partial charge in [0.2, 0.25) is 5.75 Å². The standard InChI is InChI=1S/C24H31F2N3O3/c1-30-20-10-9-16(23(31-2)24(20)32-3)14-29-11-5-6-15(13-29)22-17(12-27-28-22)21-18(25)7-4-8-19(21)26/h4,7-10,15,17,22,27-28H,5-6,11-14H2,1-3H3. The second-order valence-electron chi connectivity index (χ2n) is 8.42. The average molecular weight is 448 g/mol. The van der Waals surface area contributed by atoms with E-state index in [4.69, 9.17) is 14.2 Å². The fraction of sp³-hybridized carbons (Fsp3) is 0.500. The van der Waals surface area contributed by atoms with Gasteiger partial charge in [-0.25, -0.2) is 8.78 Å². The molecular formula is C24H31F2N3O3. The minimum absolute atomic E-state index is 0.0449. The second-order valence-corrected chi connectivity index (χ2v) is 8.42. The molecule has 8 heteroatoms. The topological polar surface area (TPSA) is 55.0 Å². The van der Waals surface area contributed by atoms with Gasteiger partial charge < -0.3 is 14.2 Å². The Balaban J connectivity index is 1.52. The first-order valence-electron chi connectivity index (χ1n) is 11.0. The van der Waals surface area contributed by atoms with Crippen molar-refractivity contribution in [2.75, 3.05) is 41.0 Å². The molecule has 3 unspecified atom stereocenters. The number of nitrogens with one attached hydrogen (secondary N) is 2. The normalized spacial score (nSPS) is 23.8. The van der Waals surface area contributed by atoms with Gasteiger partial charge in [0.15, 0.2) is 11.5 Å². The summed E-state index contributed by atoms with van der Waals surface area (Å²) < 4.78 is 45.5. The molecular weight excluding hydrogens is 416 g/mol. The van der Waals surface area contributed by atoms with E-state index < -0.39 is 11.6 Å². The molecule has 2 aromatic rings. The van der Waals surface area contributed by atoms with Crippen molar-refractivity contribution in [2.24, 2.45) is 5.92 Å². The van der Waals surface area contributed by atoms with Crippen LogP contribution in [0.4, 0.5) is 8.78 Å². The van der Waals surface area contributed by atoms with Crippen molar-refractivity contribution in [1.82, 2.24) is 15.8 Å². The van der Waals surface area contributed by atoms with Gasteiger partial charge >= 0.3 is 0 Å². The van der Waals surface area contributed by atoms with Crippen LogP contribution in [0, 0.1) is 17.6 Å². The summed E-state index contributed by atoms with van der Waals surface area (Å²) in [5.74, 6) is 0.923. The summed E-state index contributed by atoms with van der Waals surface area (Å²) in [6, 6.07) is 7.93. The third-order valence-electron chi connectivity index (χ3n) is 6.62. The Kier molecular flexibility index (Phi) is 7.13. The Morgan fingerprint density at radius 1 is 1.00 bits per heavy atom. The van der Waals surface area contributed by atoms with Gasteiger partial charge in [-0.1, -0.05) is 12.1 Å². The van der Waals surface area contributed by atoms with Crippen LogP contribution >= 0.6 is 0 Å². The molecule has 2 fully saturated rings. The molecule has 0 aromatic heterocycles. The van der Waals surface area contributed by atoms with E-state index in [2.05, 4.69) is 15.8 Å². The Hall–Kier alpha value is -2.42. The van der Waals surface area contributed by atoms with Gasteiger partial charge in [0, 0.05) is 42.7 Å². The maximum atomic E-state index is 14.5. The number of hydrogen-bond acceptors (Lipinski definition) is 6. The zero-order valence-electron chi connectivity index (χ0n) is 18.8. The first-order valence-corrected chi connectivity index (χ1v) is 11.0. The van der Waals surface area contributed by atoms with Crippen LogP contribution in [0.1, 0.15) is 29.9 Å². The van der Waals surface area contributed by atoms with Gasteiger partial charge in [-0.15, -0.1) is 0 Å². The first-order chi connectivity index (χ1) is 15.6. The molecule has 2 N–H and O–H groups in total.